The van der Waals surface area contributed by atoms with Gasteiger partial charge in [0, 0.05) is 10.8 Å². The van der Waals surface area contributed by atoms with Gasteiger partial charge in [0.15, 0.2) is 0 Å². The van der Waals surface area contributed by atoms with Gasteiger partial charge in [-0.15, -0.1) is 0 Å². The highest BCUT2D eigenvalue weighted by molar-refractivity contribution is 6.04. The van der Waals surface area contributed by atoms with Crippen molar-refractivity contribution in [3.63, 3.8) is 0 Å². The molecule has 1 N–H and O–H groups in total. The van der Waals surface area contributed by atoms with Crippen LogP contribution in [0.25, 0.3) is 21.7 Å². The predicted molar refractivity (Wildman–Crippen MR) is 70.6 cm³/mol. The minimum absolute atomic E-state index is 0.0640. The third-order valence-electron chi connectivity index (χ3n) is 3.12. The summed E-state index contributed by atoms with van der Waals surface area (Å²) >= 11 is 0. The van der Waals surface area contributed by atoms with Crippen LogP contribution < -0.4 is 5.63 Å². The van der Waals surface area contributed by atoms with E-state index in [9.17, 15) is 4.79 Å². The molecule has 3 nitrogen and oxygen atoms in total. The van der Waals surface area contributed by atoms with E-state index in [-0.39, 0.29) is 12.2 Å². The molecule has 1 heterocycles. The number of rotatable bonds is 1. The monoisotopic (exact) mass is 240 g/mol. The highest BCUT2D eigenvalue weighted by Crippen LogP contribution is 2.24. The van der Waals surface area contributed by atoms with E-state index in [4.69, 9.17) is 9.52 Å². The Bertz CT molecular complexity index is 800. The Kier molecular flexibility index (Phi) is 2.42. The van der Waals surface area contributed by atoms with Crippen LogP contribution in [-0.2, 0) is 6.61 Å². The van der Waals surface area contributed by atoms with E-state index in [1.807, 2.05) is 31.2 Å². The van der Waals surface area contributed by atoms with E-state index < -0.39 is 0 Å². The van der Waals surface area contributed by atoms with Crippen molar-refractivity contribution < 1.29 is 9.52 Å². The highest BCUT2D eigenvalue weighted by Gasteiger charge is 2.07. The van der Waals surface area contributed by atoms with Crippen LogP contribution in [0.1, 0.15) is 11.1 Å². The molecule has 18 heavy (non-hydrogen) atoms. The van der Waals surface area contributed by atoms with Crippen molar-refractivity contribution in [3.8, 4) is 0 Å². The Morgan fingerprint density at radius 2 is 1.83 bits per heavy atom. The summed E-state index contributed by atoms with van der Waals surface area (Å²) in [5, 5.41) is 11.5. The second-order valence-corrected chi connectivity index (χ2v) is 4.43. The molecule has 0 aliphatic rings. The van der Waals surface area contributed by atoms with E-state index in [0.717, 1.165) is 21.9 Å². The molecule has 0 spiro atoms. The van der Waals surface area contributed by atoms with Crippen molar-refractivity contribution in [1.82, 2.24) is 0 Å². The van der Waals surface area contributed by atoms with Crippen LogP contribution >= 0.6 is 0 Å². The molecule has 0 saturated carbocycles. The van der Waals surface area contributed by atoms with Gasteiger partial charge in [-0.2, -0.15) is 0 Å². The van der Waals surface area contributed by atoms with Gasteiger partial charge in [-0.05, 0) is 24.6 Å². The van der Waals surface area contributed by atoms with Crippen LogP contribution in [0.4, 0.5) is 0 Å². The fourth-order valence-corrected chi connectivity index (χ4v) is 2.19. The zero-order valence-electron chi connectivity index (χ0n) is 9.93. The smallest absolute Gasteiger partial charge is 0.344 e. The fraction of sp³-hybridized carbons (Fsp3) is 0.133. The topological polar surface area (TPSA) is 50.4 Å². The number of hydrogen-bond donors (Lipinski definition) is 1. The van der Waals surface area contributed by atoms with Crippen LogP contribution in [0.3, 0.4) is 0 Å². The molecule has 90 valence electrons. The van der Waals surface area contributed by atoms with Gasteiger partial charge in [0.05, 0.1) is 12.0 Å². The number of fused-ring (bicyclic) bond motifs is 3. The van der Waals surface area contributed by atoms with Crippen LogP contribution in [0, 0.1) is 6.92 Å². The average molecular weight is 240 g/mol. The Balaban J connectivity index is 2.52. The molecule has 0 amide bonds. The van der Waals surface area contributed by atoms with Crippen molar-refractivity contribution in [2.75, 3.05) is 0 Å². The molecule has 0 bridgehead atoms. The molecule has 3 rings (SSSR count). The van der Waals surface area contributed by atoms with Crippen LogP contribution in [0.2, 0.25) is 0 Å². The number of benzene rings is 2. The molecule has 0 unspecified atom stereocenters. The molecule has 2 aromatic carbocycles. The van der Waals surface area contributed by atoms with Gasteiger partial charge in [-0.1, -0.05) is 29.8 Å². The molecule has 0 aliphatic carbocycles. The Labute approximate surface area is 103 Å². The number of aryl methyl sites for hydroxylation is 1. The van der Waals surface area contributed by atoms with E-state index in [1.54, 1.807) is 12.1 Å². The SMILES string of the molecule is Cc1ccc2c(=O)oc3cc(CO)ccc3c2c1. The zero-order chi connectivity index (χ0) is 12.7. The highest BCUT2D eigenvalue weighted by atomic mass is 16.4. The third kappa shape index (κ3) is 1.60. The largest absolute Gasteiger partial charge is 0.422 e. The van der Waals surface area contributed by atoms with Gasteiger partial charge in [-0.25, -0.2) is 4.79 Å². The average Bonchev–Trinajstić information content (AvgIpc) is 2.38. The normalized spacial score (nSPS) is 11.2. The second kappa shape index (κ2) is 3.96. The molecular weight excluding hydrogens is 228 g/mol. The van der Waals surface area contributed by atoms with Gasteiger partial charge in [0.1, 0.15) is 5.58 Å². The lowest BCUT2D eigenvalue weighted by atomic mass is 10.0. The van der Waals surface area contributed by atoms with Crippen molar-refractivity contribution in [2.24, 2.45) is 0 Å². The van der Waals surface area contributed by atoms with Crippen molar-refractivity contribution in [2.45, 2.75) is 13.5 Å². The molecule has 0 atom stereocenters. The fourth-order valence-electron chi connectivity index (χ4n) is 2.19. The van der Waals surface area contributed by atoms with Gasteiger partial charge in [-0.3, -0.25) is 0 Å². The molecule has 0 fully saturated rings. The standard InChI is InChI=1S/C15H12O3/c1-9-2-4-12-13(6-9)11-5-3-10(8-16)7-14(11)18-15(12)17/h2-7,16H,8H2,1H3. The Morgan fingerprint density at radius 1 is 1.06 bits per heavy atom. The summed E-state index contributed by atoms with van der Waals surface area (Å²) in [5.74, 6) is 0. The first-order valence-electron chi connectivity index (χ1n) is 5.76. The summed E-state index contributed by atoms with van der Waals surface area (Å²) in [6.45, 7) is 1.92. The molecule has 0 aliphatic heterocycles. The van der Waals surface area contributed by atoms with Crippen molar-refractivity contribution in [3.05, 3.63) is 57.9 Å². The number of aliphatic hydroxyl groups is 1. The summed E-state index contributed by atoms with van der Waals surface area (Å²) in [6, 6.07) is 11.1. The lowest BCUT2D eigenvalue weighted by Gasteiger charge is -2.04. The van der Waals surface area contributed by atoms with Gasteiger partial charge in [0.25, 0.3) is 0 Å². The summed E-state index contributed by atoms with van der Waals surface area (Å²) < 4.78 is 5.29. The zero-order valence-corrected chi connectivity index (χ0v) is 9.93. The van der Waals surface area contributed by atoms with Crippen molar-refractivity contribution >= 4 is 21.7 Å². The summed E-state index contributed by atoms with van der Waals surface area (Å²) in [4.78, 5) is 11.9. The first-order valence-corrected chi connectivity index (χ1v) is 5.76. The molecular formula is C15H12O3. The minimum Gasteiger partial charge on any atom is -0.422 e. The molecule has 1 aromatic heterocycles. The van der Waals surface area contributed by atoms with Gasteiger partial charge in [0.2, 0.25) is 0 Å². The number of aliphatic hydroxyl groups excluding tert-OH is 1. The molecule has 0 saturated heterocycles. The van der Waals surface area contributed by atoms with Crippen LogP contribution in [0.5, 0.6) is 0 Å². The molecule has 0 radical (unpaired) electrons. The van der Waals surface area contributed by atoms with E-state index in [0.29, 0.717) is 11.0 Å². The second-order valence-electron chi connectivity index (χ2n) is 4.43. The molecule has 3 aromatic rings. The van der Waals surface area contributed by atoms with E-state index in [1.165, 1.54) is 0 Å². The first-order chi connectivity index (χ1) is 8.69. The first kappa shape index (κ1) is 11.0. The summed E-state index contributed by atoms with van der Waals surface area (Å²) in [7, 11) is 0. The maximum atomic E-state index is 11.9. The summed E-state index contributed by atoms with van der Waals surface area (Å²) in [5.41, 5.74) is 2.01. The third-order valence-corrected chi connectivity index (χ3v) is 3.12. The lowest BCUT2D eigenvalue weighted by molar-refractivity contribution is 0.282. The Hall–Kier alpha value is -2.13. The quantitative estimate of drug-likeness (QED) is 0.525. The van der Waals surface area contributed by atoms with Crippen LogP contribution in [0.15, 0.2) is 45.6 Å². The van der Waals surface area contributed by atoms with Gasteiger partial charge < -0.3 is 9.52 Å². The summed E-state index contributed by atoms with van der Waals surface area (Å²) in [6.07, 6.45) is 0. The molecule has 3 heteroatoms. The lowest BCUT2D eigenvalue weighted by Crippen LogP contribution is -2.00. The Morgan fingerprint density at radius 3 is 2.61 bits per heavy atom. The number of hydrogen-bond acceptors (Lipinski definition) is 3. The van der Waals surface area contributed by atoms with Crippen molar-refractivity contribution in [1.29, 1.82) is 0 Å². The predicted octanol–water partition coefficient (Wildman–Crippen LogP) is 2.75. The van der Waals surface area contributed by atoms with Gasteiger partial charge >= 0.3 is 5.63 Å². The maximum absolute atomic E-state index is 11.9. The van der Waals surface area contributed by atoms with E-state index in [2.05, 4.69) is 0 Å². The maximum Gasteiger partial charge on any atom is 0.344 e. The van der Waals surface area contributed by atoms with E-state index >= 15 is 0 Å². The minimum atomic E-state index is -0.340. The van der Waals surface area contributed by atoms with Crippen LogP contribution in [-0.4, -0.2) is 5.11 Å².